The Morgan fingerprint density at radius 3 is 2.27 bits per heavy atom. The summed E-state index contributed by atoms with van der Waals surface area (Å²) in [5.41, 5.74) is 2.87. The second kappa shape index (κ2) is 11.1. The number of nitrogens with zero attached hydrogens (tertiary/aromatic N) is 7. The molecule has 37 heavy (non-hydrogen) atoms. The molecule has 0 atom stereocenters. The van der Waals surface area contributed by atoms with Gasteiger partial charge in [0.05, 0.1) is 12.2 Å². The first-order valence-corrected chi connectivity index (χ1v) is 13.4. The van der Waals surface area contributed by atoms with Crippen LogP contribution >= 0.6 is 0 Å². The minimum atomic E-state index is -1.31. The second-order valence-electron chi connectivity index (χ2n) is 10.7. The Morgan fingerprint density at radius 1 is 0.919 bits per heavy atom. The molecule has 0 unspecified atom stereocenters. The number of aliphatic hydroxyl groups is 1. The van der Waals surface area contributed by atoms with Gasteiger partial charge in [0.15, 0.2) is 0 Å². The standard InChI is InChI=1S/C27H38N8O2/c1-27(2,37)25(36)34-15-13-33(14-16-34)19-20-7-9-21(10-8-20)30-24-22-17-28-29-18-23(22)31-26(32-24)35-11-5-3-4-6-12-35/h7-10,37H,3-6,11-19H2,1-2H3,(H,30,31,32). The predicted octanol–water partition coefficient (Wildman–Crippen LogP) is 3.48. The molecule has 198 valence electrons. The van der Waals surface area contributed by atoms with E-state index in [1.807, 2.05) is 0 Å². The van der Waals surface area contributed by atoms with Crippen LogP contribution in [0, 0.1) is 0 Å². The van der Waals surface area contributed by atoms with Gasteiger partial charge in [0.1, 0.15) is 18.0 Å². The van der Waals surface area contributed by atoms with Crippen LogP contribution < -0.4 is 10.2 Å². The van der Waals surface area contributed by atoms with Crippen molar-refractivity contribution >= 4 is 23.4 Å². The lowest BCUT2D eigenvalue weighted by atomic mass is 10.1. The van der Waals surface area contributed by atoms with Crippen LogP contribution in [0.15, 0.2) is 34.5 Å². The number of aromatic nitrogens is 2. The van der Waals surface area contributed by atoms with Crippen molar-refractivity contribution in [3.05, 3.63) is 41.1 Å². The molecule has 0 aliphatic carbocycles. The van der Waals surface area contributed by atoms with Gasteiger partial charge in [0.2, 0.25) is 5.95 Å². The molecule has 2 aromatic rings. The number of hydrogen-bond donors (Lipinski definition) is 2. The van der Waals surface area contributed by atoms with Crippen LogP contribution in [-0.2, 0) is 24.4 Å². The summed E-state index contributed by atoms with van der Waals surface area (Å²) in [5.74, 6) is 1.41. The lowest BCUT2D eigenvalue weighted by molar-refractivity contribution is -0.149. The maximum atomic E-state index is 12.3. The van der Waals surface area contributed by atoms with Crippen LogP contribution in [0.1, 0.15) is 56.4 Å². The average molecular weight is 507 g/mol. The van der Waals surface area contributed by atoms with Crippen molar-refractivity contribution < 1.29 is 9.90 Å². The van der Waals surface area contributed by atoms with Gasteiger partial charge in [-0.1, -0.05) is 25.0 Å². The molecular formula is C27H38N8O2. The molecule has 0 spiro atoms. The molecule has 1 aromatic heterocycles. The van der Waals surface area contributed by atoms with Crippen LogP contribution in [0.4, 0.5) is 17.5 Å². The van der Waals surface area contributed by atoms with E-state index in [0.717, 1.165) is 61.4 Å². The highest BCUT2D eigenvalue weighted by Gasteiger charge is 2.31. The molecule has 3 aliphatic rings. The van der Waals surface area contributed by atoms with Crippen molar-refractivity contribution in [2.45, 2.75) is 64.8 Å². The quantitative estimate of drug-likeness (QED) is 0.617. The number of fused-ring (bicyclic) bond motifs is 1. The van der Waals surface area contributed by atoms with Gasteiger partial charge in [-0.15, -0.1) is 0 Å². The summed E-state index contributed by atoms with van der Waals surface area (Å²) in [4.78, 5) is 28.5. The van der Waals surface area contributed by atoms with Gasteiger partial charge < -0.3 is 20.2 Å². The van der Waals surface area contributed by atoms with Gasteiger partial charge in [-0.25, -0.2) is 4.98 Å². The van der Waals surface area contributed by atoms with Crippen LogP contribution in [0.3, 0.4) is 0 Å². The summed E-state index contributed by atoms with van der Waals surface area (Å²) in [5, 5.41) is 22.0. The molecular weight excluding hydrogens is 468 g/mol. The normalized spacial score (nSPS) is 18.9. The maximum Gasteiger partial charge on any atom is 0.254 e. The number of rotatable bonds is 6. The largest absolute Gasteiger partial charge is 0.381 e. The summed E-state index contributed by atoms with van der Waals surface area (Å²) >= 11 is 0. The number of carbonyl (C=O) groups excluding carboxylic acids is 1. The number of benzene rings is 1. The predicted molar refractivity (Wildman–Crippen MR) is 143 cm³/mol. The monoisotopic (exact) mass is 506 g/mol. The highest BCUT2D eigenvalue weighted by atomic mass is 16.3. The van der Waals surface area contributed by atoms with Crippen LogP contribution in [0.2, 0.25) is 0 Å². The molecule has 0 radical (unpaired) electrons. The second-order valence-corrected chi connectivity index (χ2v) is 10.7. The number of nitrogens with one attached hydrogen (secondary N) is 1. The highest BCUT2D eigenvalue weighted by Crippen LogP contribution is 2.29. The molecule has 1 aromatic carbocycles. The number of amides is 1. The average Bonchev–Trinajstić information content (AvgIpc) is 3.19. The van der Waals surface area contributed by atoms with E-state index >= 15 is 0 Å². The first-order chi connectivity index (χ1) is 17.9. The Bertz CT molecular complexity index is 1110. The molecule has 10 heteroatoms. The van der Waals surface area contributed by atoms with Gasteiger partial charge in [0.25, 0.3) is 5.91 Å². The minimum absolute atomic E-state index is 0.199. The van der Waals surface area contributed by atoms with E-state index in [-0.39, 0.29) is 5.91 Å². The fourth-order valence-electron chi connectivity index (χ4n) is 5.15. The summed E-state index contributed by atoms with van der Waals surface area (Å²) in [6, 6.07) is 8.46. The Morgan fingerprint density at radius 2 is 1.59 bits per heavy atom. The smallest absolute Gasteiger partial charge is 0.254 e. The lowest BCUT2D eigenvalue weighted by Gasteiger charge is -2.37. The molecule has 5 rings (SSSR count). The van der Waals surface area contributed by atoms with E-state index in [0.29, 0.717) is 26.2 Å². The molecule has 4 heterocycles. The van der Waals surface area contributed by atoms with Crippen molar-refractivity contribution in [3.8, 4) is 0 Å². The van der Waals surface area contributed by atoms with E-state index < -0.39 is 5.60 Å². The summed E-state index contributed by atoms with van der Waals surface area (Å²) in [6.45, 7) is 9.78. The number of hydrogen-bond acceptors (Lipinski definition) is 9. The van der Waals surface area contributed by atoms with Crippen molar-refractivity contribution in [1.82, 2.24) is 19.8 Å². The first kappa shape index (κ1) is 25.5. The van der Waals surface area contributed by atoms with Crippen LogP contribution in [0.5, 0.6) is 0 Å². The Kier molecular flexibility index (Phi) is 7.66. The van der Waals surface area contributed by atoms with Gasteiger partial charge in [-0.3, -0.25) is 9.69 Å². The SMILES string of the molecule is CC(C)(O)C(=O)N1CCN(Cc2ccc(Nc3nc(N4CCCCCC4)nc4c3CN=NC4)cc2)CC1. The zero-order chi connectivity index (χ0) is 25.8. The fraction of sp³-hybridized carbons (Fsp3) is 0.593. The Balaban J connectivity index is 1.23. The lowest BCUT2D eigenvalue weighted by Crippen LogP contribution is -2.53. The van der Waals surface area contributed by atoms with Crippen LogP contribution in [0.25, 0.3) is 0 Å². The van der Waals surface area contributed by atoms with Crippen molar-refractivity contribution in [1.29, 1.82) is 0 Å². The third kappa shape index (κ3) is 6.24. The van der Waals surface area contributed by atoms with E-state index in [2.05, 4.69) is 49.6 Å². The van der Waals surface area contributed by atoms with Crippen molar-refractivity contribution in [2.24, 2.45) is 10.2 Å². The third-order valence-corrected chi connectivity index (χ3v) is 7.32. The van der Waals surface area contributed by atoms with Gasteiger partial charge in [-0.2, -0.15) is 15.2 Å². The number of anilines is 3. The topological polar surface area (TPSA) is 110 Å². The van der Waals surface area contributed by atoms with E-state index in [1.54, 1.807) is 18.7 Å². The minimum Gasteiger partial charge on any atom is -0.381 e. The van der Waals surface area contributed by atoms with E-state index in [4.69, 9.17) is 9.97 Å². The van der Waals surface area contributed by atoms with E-state index in [1.165, 1.54) is 31.2 Å². The molecule has 10 nitrogen and oxygen atoms in total. The zero-order valence-corrected chi connectivity index (χ0v) is 22.0. The summed E-state index contributed by atoms with van der Waals surface area (Å²) < 4.78 is 0. The Labute approximate surface area is 218 Å². The number of piperazine rings is 1. The van der Waals surface area contributed by atoms with Gasteiger partial charge in [0, 0.05) is 57.1 Å². The van der Waals surface area contributed by atoms with E-state index in [9.17, 15) is 9.90 Å². The maximum absolute atomic E-state index is 12.3. The number of carbonyl (C=O) groups is 1. The first-order valence-electron chi connectivity index (χ1n) is 13.4. The molecule has 0 saturated carbocycles. The fourth-order valence-corrected chi connectivity index (χ4v) is 5.15. The molecule has 3 aliphatic heterocycles. The highest BCUT2D eigenvalue weighted by molar-refractivity contribution is 5.84. The van der Waals surface area contributed by atoms with Gasteiger partial charge >= 0.3 is 0 Å². The van der Waals surface area contributed by atoms with Crippen molar-refractivity contribution in [2.75, 3.05) is 49.5 Å². The van der Waals surface area contributed by atoms with Gasteiger partial charge in [-0.05, 0) is 44.4 Å². The third-order valence-electron chi connectivity index (χ3n) is 7.32. The molecule has 2 fully saturated rings. The zero-order valence-electron chi connectivity index (χ0n) is 22.0. The summed E-state index contributed by atoms with van der Waals surface area (Å²) in [7, 11) is 0. The molecule has 1 amide bonds. The van der Waals surface area contributed by atoms with Crippen molar-refractivity contribution in [3.63, 3.8) is 0 Å². The summed E-state index contributed by atoms with van der Waals surface area (Å²) in [6.07, 6.45) is 4.88. The van der Waals surface area contributed by atoms with Crippen LogP contribution in [-0.4, -0.2) is 75.7 Å². The molecule has 2 N–H and O–H groups in total. The Hall–Kier alpha value is -3.11. The molecule has 2 saturated heterocycles. The molecule has 0 bridgehead atoms. The number of azo groups is 1.